The van der Waals surface area contributed by atoms with Crippen LogP contribution in [-0.2, 0) is 13.5 Å². The van der Waals surface area contributed by atoms with Crippen molar-refractivity contribution in [2.75, 3.05) is 18.4 Å². The number of fused-ring (bicyclic) bond motifs is 1. The third kappa shape index (κ3) is 4.55. The van der Waals surface area contributed by atoms with Gasteiger partial charge in [-0.25, -0.2) is 4.98 Å². The number of piperidine rings is 1. The Morgan fingerprint density at radius 2 is 1.94 bits per heavy atom. The maximum Gasteiger partial charge on any atom is 0.130 e. The topological polar surface area (TPSA) is 67.7 Å². The second kappa shape index (κ2) is 8.93. The zero-order valence-electron chi connectivity index (χ0n) is 18.4. The van der Waals surface area contributed by atoms with Gasteiger partial charge in [-0.3, -0.25) is 9.67 Å². The van der Waals surface area contributed by atoms with Gasteiger partial charge >= 0.3 is 0 Å². The van der Waals surface area contributed by atoms with E-state index in [2.05, 4.69) is 62.6 Å². The van der Waals surface area contributed by atoms with Gasteiger partial charge in [0, 0.05) is 54.0 Å². The van der Waals surface area contributed by atoms with Gasteiger partial charge in [-0.2, -0.15) is 5.10 Å². The van der Waals surface area contributed by atoms with Crippen LogP contribution in [0.15, 0.2) is 67.9 Å². The van der Waals surface area contributed by atoms with E-state index in [4.69, 9.17) is 0 Å². The quantitative estimate of drug-likeness (QED) is 0.471. The van der Waals surface area contributed by atoms with E-state index in [0.717, 1.165) is 64.4 Å². The molecule has 0 aliphatic carbocycles. The lowest BCUT2D eigenvalue weighted by Crippen LogP contribution is -2.28. The number of aryl methyl sites for hydroxylation is 1. The highest BCUT2D eigenvalue weighted by Gasteiger charge is 2.14. The average molecular weight is 425 g/mol. The van der Waals surface area contributed by atoms with Crippen LogP contribution in [0, 0.1) is 5.92 Å². The molecule has 0 bridgehead atoms. The SMILES string of the molecule is C=C(Nc1cc2cc(-c3cnn(C)c3)ccc2cn1)c1cncc(CC2CCNCC2)c1. The molecule has 0 amide bonds. The minimum atomic E-state index is 0.727. The summed E-state index contributed by atoms with van der Waals surface area (Å²) in [5.41, 5.74) is 5.31. The van der Waals surface area contributed by atoms with Gasteiger partial charge in [0.05, 0.1) is 6.20 Å². The second-order valence-electron chi connectivity index (χ2n) is 8.62. The number of hydrogen-bond acceptors (Lipinski definition) is 5. The van der Waals surface area contributed by atoms with Crippen LogP contribution >= 0.6 is 0 Å². The average Bonchev–Trinajstić information content (AvgIpc) is 3.26. The lowest BCUT2D eigenvalue weighted by Gasteiger charge is -2.22. The first kappa shape index (κ1) is 20.4. The Kier molecular flexibility index (Phi) is 5.69. The van der Waals surface area contributed by atoms with Crippen LogP contribution in [0.25, 0.3) is 27.6 Å². The van der Waals surface area contributed by atoms with Crippen molar-refractivity contribution < 1.29 is 0 Å². The number of benzene rings is 1. The molecule has 4 aromatic rings. The number of pyridine rings is 2. The smallest absolute Gasteiger partial charge is 0.130 e. The molecule has 6 nitrogen and oxygen atoms in total. The molecular weight excluding hydrogens is 396 g/mol. The van der Waals surface area contributed by atoms with Crippen LogP contribution in [-0.4, -0.2) is 32.8 Å². The fraction of sp³-hybridized carbons (Fsp3) is 0.269. The van der Waals surface area contributed by atoms with Crippen LogP contribution in [0.1, 0.15) is 24.0 Å². The van der Waals surface area contributed by atoms with Crippen LogP contribution in [0.4, 0.5) is 5.82 Å². The summed E-state index contributed by atoms with van der Waals surface area (Å²) in [5, 5.41) is 13.3. The van der Waals surface area contributed by atoms with Gasteiger partial charge in [0.2, 0.25) is 0 Å². The molecule has 2 N–H and O–H groups in total. The summed E-state index contributed by atoms with van der Waals surface area (Å²) in [4.78, 5) is 9.04. The molecule has 1 saturated heterocycles. The fourth-order valence-corrected chi connectivity index (χ4v) is 4.37. The maximum atomic E-state index is 4.58. The zero-order chi connectivity index (χ0) is 21.9. The Hall–Kier alpha value is -3.51. The molecule has 1 aliphatic rings. The van der Waals surface area contributed by atoms with E-state index < -0.39 is 0 Å². The monoisotopic (exact) mass is 424 g/mol. The number of nitrogens with one attached hydrogen (secondary N) is 2. The molecule has 6 heteroatoms. The van der Waals surface area contributed by atoms with Crippen molar-refractivity contribution in [2.24, 2.45) is 13.0 Å². The zero-order valence-corrected chi connectivity index (χ0v) is 18.4. The van der Waals surface area contributed by atoms with Crippen LogP contribution in [0.5, 0.6) is 0 Å². The minimum absolute atomic E-state index is 0.727. The third-order valence-corrected chi connectivity index (χ3v) is 6.17. The lowest BCUT2D eigenvalue weighted by molar-refractivity contribution is 0.372. The van der Waals surface area contributed by atoms with Gasteiger partial charge in [0.15, 0.2) is 0 Å². The van der Waals surface area contributed by atoms with E-state index in [1.165, 1.54) is 18.4 Å². The number of nitrogens with zero attached hydrogens (tertiary/aromatic N) is 4. The fourth-order valence-electron chi connectivity index (χ4n) is 4.37. The number of rotatable bonds is 6. The normalized spacial score (nSPS) is 14.5. The summed E-state index contributed by atoms with van der Waals surface area (Å²) >= 11 is 0. The van der Waals surface area contributed by atoms with Crippen molar-refractivity contribution in [3.05, 3.63) is 79.0 Å². The standard InChI is InChI=1S/C26H28N6/c1-18(24-10-20(13-28-14-24)9-19-5-7-27-8-6-19)31-26-12-23-11-21(3-4-22(23)15-29-26)25-16-30-32(2)17-25/h3-4,10-17,19,27H,1,5-9H2,2H3,(H,29,31). The molecule has 1 aliphatic heterocycles. The molecule has 0 atom stereocenters. The minimum Gasteiger partial charge on any atom is -0.340 e. The van der Waals surface area contributed by atoms with Crippen molar-refractivity contribution >= 4 is 22.3 Å². The van der Waals surface area contributed by atoms with E-state index >= 15 is 0 Å². The molecule has 1 aromatic carbocycles. The molecular formula is C26H28N6. The van der Waals surface area contributed by atoms with Crippen molar-refractivity contribution in [3.63, 3.8) is 0 Å². The molecule has 0 spiro atoms. The summed E-state index contributed by atoms with van der Waals surface area (Å²) in [5.74, 6) is 1.50. The largest absolute Gasteiger partial charge is 0.340 e. The van der Waals surface area contributed by atoms with Gasteiger partial charge in [0.1, 0.15) is 5.82 Å². The number of hydrogen-bond donors (Lipinski definition) is 2. The van der Waals surface area contributed by atoms with Gasteiger partial charge < -0.3 is 10.6 Å². The molecule has 0 unspecified atom stereocenters. The lowest BCUT2D eigenvalue weighted by atomic mass is 9.91. The predicted octanol–water partition coefficient (Wildman–Crippen LogP) is 4.66. The van der Waals surface area contributed by atoms with E-state index in [1.54, 1.807) is 0 Å². The van der Waals surface area contributed by atoms with Crippen LogP contribution in [0.3, 0.4) is 0 Å². The summed E-state index contributed by atoms with van der Waals surface area (Å²) in [6, 6.07) is 10.6. The molecule has 32 heavy (non-hydrogen) atoms. The van der Waals surface area contributed by atoms with E-state index in [0.29, 0.717) is 0 Å². The van der Waals surface area contributed by atoms with Gasteiger partial charge in [-0.15, -0.1) is 0 Å². The summed E-state index contributed by atoms with van der Waals surface area (Å²) in [7, 11) is 1.93. The summed E-state index contributed by atoms with van der Waals surface area (Å²) < 4.78 is 1.82. The maximum absolute atomic E-state index is 4.58. The molecule has 1 fully saturated rings. The first-order chi connectivity index (χ1) is 15.6. The predicted molar refractivity (Wildman–Crippen MR) is 130 cm³/mol. The number of aromatic nitrogens is 4. The van der Waals surface area contributed by atoms with E-state index in [1.807, 2.05) is 42.7 Å². The molecule has 162 valence electrons. The van der Waals surface area contributed by atoms with Crippen molar-refractivity contribution in [1.29, 1.82) is 0 Å². The van der Waals surface area contributed by atoms with E-state index in [9.17, 15) is 0 Å². The van der Waals surface area contributed by atoms with Crippen molar-refractivity contribution in [2.45, 2.75) is 19.3 Å². The molecule has 0 radical (unpaired) electrons. The molecule has 0 saturated carbocycles. The van der Waals surface area contributed by atoms with Crippen LogP contribution < -0.4 is 10.6 Å². The second-order valence-corrected chi connectivity index (χ2v) is 8.62. The van der Waals surface area contributed by atoms with Gasteiger partial charge in [-0.05, 0) is 73.0 Å². The highest BCUT2D eigenvalue weighted by Crippen LogP contribution is 2.26. The molecule has 5 rings (SSSR count). The Morgan fingerprint density at radius 1 is 1.06 bits per heavy atom. The first-order valence-corrected chi connectivity index (χ1v) is 11.1. The first-order valence-electron chi connectivity index (χ1n) is 11.1. The van der Waals surface area contributed by atoms with E-state index in [-0.39, 0.29) is 0 Å². The highest BCUT2D eigenvalue weighted by atomic mass is 15.2. The number of anilines is 1. The Morgan fingerprint density at radius 3 is 2.75 bits per heavy atom. The Bertz CT molecular complexity index is 1250. The van der Waals surface area contributed by atoms with Crippen LogP contribution in [0.2, 0.25) is 0 Å². The third-order valence-electron chi connectivity index (χ3n) is 6.17. The van der Waals surface area contributed by atoms with Gasteiger partial charge in [-0.1, -0.05) is 18.7 Å². The molecule has 4 heterocycles. The highest BCUT2D eigenvalue weighted by molar-refractivity contribution is 5.89. The molecule has 3 aromatic heterocycles. The van der Waals surface area contributed by atoms with Gasteiger partial charge in [0.25, 0.3) is 0 Å². The Labute approximate surface area is 188 Å². The Balaban J connectivity index is 1.33. The summed E-state index contributed by atoms with van der Waals surface area (Å²) in [6.45, 7) is 6.47. The summed E-state index contributed by atoms with van der Waals surface area (Å²) in [6.07, 6.45) is 13.2. The van der Waals surface area contributed by atoms with Crippen molar-refractivity contribution in [3.8, 4) is 11.1 Å². The van der Waals surface area contributed by atoms with Crippen molar-refractivity contribution in [1.82, 2.24) is 25.1 Å².